The molecule has 4 nitrogen and oxygen atoms in total. The fraction of sp³-hybridized carbons (Fsp3) is 0.500. The normalized spacial score (nSPS) is 10.8. The summed E-state index contributed by atoms with van der Waals surface area (Å²) < 4.78 is 0. The second-order valence-corrected chi connectivity index (χ2v) is 2.33. The summed E-state index contributed by atoms with van der Waals surface area (Å²) in [6.07, 6.45) is 2.55. The van der Waals surface area contributed by atoms with Gasteiger partial charge >= 0.3 is 6.03 Å². The lowest BCUT2D eigenvalue weighted by Crippen LogP contribution is -2.37. The van der Waals surface area contributed by atoms with Gasteiger partial charge in [-0.25, -0.2) is 4.79 Å². The van der Waals surface area contributed by atoms with Gasteiger partial charge in [0.1, 0.15) is 0 Å². The number of amides is 3. The highest BCUT2D eigenvalue weighted by Crippen LogP contribution is 1.93. The highest BCUT2D eigenvalue weighted by atomic mass is 16.2. The molecule has 3 amide bonds. The summed E-state index contributed by atoms with van der Waals surface area (Å²) in [5, 5.41) is 4.45. The van der Waals surface area contributed by atoms with E-state index in [2.05, 4.69) is 10.6 Å². The monoisotopic (exact) mass is 170 g/mol. The molecule has 0 saturated carbocycles. The lowest BCUT2D eigenvalue weighted by molar-refractivity contribution is -0.116. The zero-order valence-electron chi connectivity index (χ0n) is 7.60. The summed E-state index contributed by atoms with van der Waals surface area (Å²) in [5.41, 5.74) is 0.557. The molecule has 2 N–H and O–H groups in total. The molecular weight excluding hydrogens is 156 g/mol. The number of nitrogens with one attached hydrogen (secondary N) is 2. The Bertz CT molecular complexity index is 209. The molecule has 0 atom stereocenters. The number of allylic oxidation sites excluding steroid dienone is 1. The summed E-state index contributed by atoms with van der Waals surface area (Å²) in [6, 6.07) is -0.483. The smallest absolute Gasteiger partial charge is 0.321 e. The van der Waals surface area contributed by atoms with Crippen molar-refractivity contribution >= 4 is 11.9 Å². The zero-order valence-corrected chi connectivity index (χ0v) is 7.60. The predicted octanol–water partition coefficient (Wildman–Crippen LogP) is 0.798. The number of carbonyl (C=O) groups is 2. The Hall–Kier alpha value is -1.32. The highest BCUT2D eigenvalue weighted by Gasteiger charge is 2.06. The Morgan fingerprint density at radius 1 is 1.42 bits per heavy atom. The average Bonchev–Trinajstić information content (AvgIpc) is 2.04. The fourth-order valence-electron chi connectivity index (χ4n) is 0.663. The van der Waals surface area contributed by atoms with E-state index < -0.39 is 6.03 Å². The number of hydrogen-bond acceptors (Lipinski definition) is 2. The average molecular weight is 170 g/mol. The topological polar surface area (TPSA) is 58.2 Å². The van der Waals surface area contributed by atoms with Crippen molar-refractivity contribution in [2.45, 2.75) is 20.3 Å². The van der Waals surface area contributed by atoms with E-state index in [-0.39, 0.29) is 5.91 Å². The Morgan fingerprint density at radius 2 is 2.00 bits per heavy atom. The van der Waals surface area contributed by atoms with E-state index in [9.17, 15) is 9.59 Å². The highest BCUT2D eigenvalue weighted by molar-refractivity contribution is 6.03. The quantitative estimate of drug-likeness (QED) is 0.602. The van der Waals surface area contributed by atoms with Crippen LogP contribution >= 0.6 is 0 Å². The summed E-state index contributed by atoms with van der Waals surface area (Å²) >= 11 is 0. The van der Waals surface area contributed by atoms with E-state index in [1.165, 1.54) is 7.05 Å². The zero-order chi connectivity index (χ0) is 9.56. The van der Waals surface area contributed by atoms with Crippen LogP contribution in [-0.4, -0.2) is 19.0 Å². The number of imide groups is 1. The van der Waals surface area contributed by atoms with Crippen molar-refractivity contribution < 1.29 is 9.59 Å². The van der Waals surface area contributed by atoms with Crippen LogP contribution < -0.4 is 10.6 Å². The third-order valence-corrected chi connectivity index (χ3v) is 1.32. The minimum atomic E-state index is -0.483. The Labute approximate surface area is 72.0 Å². The third-order valence-electron chi connectivity index (χ3n) is 1.32. The maximum absolute atomic E-state index is 11.1. The van der Waals surface area contributed by atoms with Gasteiger partial charge in [0.25, 0.3) is 5.91 Å². The molecule has 0 aromatic heterocycles. The van der Waals surface area contributed by atoms with E-state index in [0.29, 0.717) is 5.57 Å². The Morgan fingerprint density at radius 3 is 2.42 bits per heavy atom. The van der Waals surface area contributed by atoms with Crippen LogP contribution in [0.15, 0.2) is 11.6 Å². The second kappa shape index (κ2) is 5.35. The van der Waals surface area contributed by atoms with Crippen molar-refractivity contribution in [3.05, 3.63) is 11.6 Å². The van der Waals surface area contributed by atoms with Gasteiger partial charge in [0, 0.05) is 12.6 Å². The molecule has 0 heterocycles. The van der Waals surface area contributed by atoms with Crippen molar-refractivity contribution in [1.82, 2.24) is 10.6 Å². The van der Waals surface area contributed by atoms with Gasteiger partial charge in [0.05, 0.1) is 0 Å². The lowest BCUT2D eigenvalue weighted by atomic mass is 10.2. The maximum Gasteiger partial charge on any atom is 0.321 e. The molecule has 0 radical (unpaired) electrons. The van der Waals surface area contributed by atoms with Gasteiger partial charge in [0.15, 0.2) is 0 Å². The molecule has 0 unspecified atom stereocenters. The van der Waals surface area contributed by atoms with Gasteiger partial charge in [-0.05, 0) is 13.3 Å². The van der Waals surface area contributed by atoms with Crippen LogP contribution in [-0.2, 0) is 4.79 Å². The molecule has 0 aromatic carbocycles. The van der Waals surface area contributed by atoms with Crippen molar-refractivity contribution in [1.29, 1.82) is 0 Å². The van der Waals surface area contributed by atoms with Gasteiger partial charge in [-0.15, -0.1) is 0 Å². The first-order chi connectivity index (χ1) is 5.61. The van der Waals surface area contributed by atoms with E-state index in [1.807, 2.05) is 6.92 Å². The van der Waals surface area contributed by atoms with Crippen LogP contribution in [0.3, 0.4) is 0 Å². The molecule has 0 rings (SSSR count). The van der Waals surface area contributed by atoms with E-state index in [4.69, 9.17) is 0 Å². The van der Waals surface area contributed by atoms with Crippen LogP contribution in [0.1, 0.15) is 20.3 Å². The van der Waals surface area contributed by atoms with Gasteiger partial charge in [-0.2, -0.15) is 0 Å². The molecule has 0 spiro atoms. The van der Waals surface area contributed by atoms with Gasteiger partial charge in [-0.1, -0.05) is 13.0 Å². The Balaban J connectivity index is 4.04. The summed E-state index contributed by atoms with van der Waals surface area (Å²) in [7, 11) is 1.46. The van der Waals surface area contributed by atoms with Crippen molar-refractivity contribution in [2.75, 3.05) is 7.05 Å². The van der Waals surface area contributed by atoms with Crippen LogP contribution in [0.4, 0.5) is 4.79 Å². The van der Waals surface area contributed by atoms with Crippen LogP contribution in [0.25, 0.3) is 0 Å². The van der Waals surface area contributed by atoms with Crippen LogP contribution in [0.5, 0.6) is 0 Å². The summed E-state index contributed by atoms with van der Waals surface area (Å²) in [5.74, 6) is -0.351. The number of carbonyl (C=O) groups excluding carboxylic acids is 2. The number of urea groups is 1. The molecular formula is C8H14N2O2. The minimum absolute atomic E-state index is 0.351. The van der Waals surface area contributed by atoms with Crippen molar-refractivity contribution in [3.63, 3.8) is 0 Å². The van der Waals surface area contributed by atoms with Gasteiger partial charge < -0.3 is 5.32 Å². The molecule has 0 fully saturated rings. The molecule has 0 aliphatic carbocycles. The summed E-state index contributed by atoms with van der Waals surface area (Å²) in [4.78, 5) is 21.7. The molecule has 0 bridgehead atoms. The van der Waals surface area contributed by atoms with Crippen LogP contribution in [0, 0.1) is 0 Å². The van der Waals surface area contributed by atoms with E-state index in [0.717, 1.165) is 6.42 Å². The van der Waals surface area contributed by atoms with Gasteiger partial charge in [-0.3, -0.25) is 10.1 Å². The fourth-order valence-corrected chi connectivity index (χ4v) is 0.663. The second-order valence-electron chi connectivity index (χ2n) is 2.33. The first-order valence-electron chi connectivity index (χ1n) is 3.81. The third kappa shape index (κ3) is 3.75. The van der Waals surface area contributed by atoms with Gasteiger partial charge in [0.2, 0.25) is 0 Å². The molecule has 0 aromatic rings. The predicted molar refractivity (Wildman–Crippen MR) is 46.6 cm³/mol. The minimum Gasteiger partial charge on any atom is -0.341 e. The summed E-state index contributed by atoms with van der Waals surface area (Å²) in [6.45, 7) is 3.60. The Kier molecular flexibility index (Phi) is 4.76. The van der Waals surface area contributed by atoms with Crippen LogP contribution in [0.2, 0.25) is 0 Å². The first kappa shape index (κ1) is 10.7. The standard InChI is InChI=1S/C8H14N2O2/c1-4-5-6(2)7(11)10-8(12)9-3/h5H,4H2,1-3H3,(H2,9,10,11,12)/b6-5-. The van der Waals surface area contributed by atoms with E-state index >= 15 is 0 Å². The maximum atomic E-state index is 11.1. The van der Waals surface area contributed by atoms with Crippen molar-refractivity contribution in [3.8, 4) is 0 Å². The molecule has 68 valence electrons. The van der Waals surface area contributed by atoms with Crippen molar-refractivity contribution in [2.24, 2.45) is 0 Å². The first-order valence-corrected chi connectivity index (χ1v) is 3.81. The molecule has 4 heteroatoms. The SMILES string of the molecule is CC/C=C(/C)C(=O)NC(=O)NC. The number of hydrogen-bond donors (Lipinski definition) is 2. The molecule has 0 aliphatic rings. The van der Waals surface area contributed by atoms with E-state index in [1.54, 1.807) is 13.0 Å². The molecule has 0 saturated heterocycles. The lowest BCUT2D eigenvalue weighted by Gasteiger charge is -2.01. The molecule has 0 aliphatic heterocycles. The molecule has 12 heavy (non-hydrogen) atoms. The largest absolute Gasteiger partial charge is 0.341 e. The number of rotatable bonds is 2.